The van der Waals surface area contributed by atoms with Crippen LogP contribution in [0.15, 0.2) is 85.1 Å². The van der Waals surface area contributed by atoms with Crippen molar-refractivity contribution in [3.05, 3.63) is 107 Å². The number of nitrogens with zero attached hydrogens (tertiary/aromatic N) is 4. The number of anilines is 1. The van der Waals surface area contributed by atoms with Crippen LogP contribution in [0.2, 0.25) is 0 Å². The van der Waals surface area contributed by atoms with Crippen LogP contribution in [0.5, 0.6) is 23.1 Å². The first-order chi connectivity index (χ1) is 24.5. The number of fused-ring (bicyclic) bond motifs is 1. The Morgan fingerprint density at radius 1 is 0.846 bits per heavy atom. The van der Waals surface area contributed by atoms with Crippen molar-refractivity contribution in [2.75, 3.05) is 44.7 Å². The Morgan fingerprint density at radius 3 is 2.21 bits per heavy atom. The van der Waals surface area contributed by atoms with Gasteiger partial charge in [0.1, 0.15) is 11.4 Å². The SMILES string of the molecule is Br.CCOc1ccc(CN2CCN(C(=O)c3cc4cc(Oc5ccc(NC(=O)c6ccc(C(F)(F)F)cc6)cn5)ccc4n3C)CC2)cc1OCC. The fraction of sp³-hybridized carbons (Fsp3) is 0.289. The number of nitrogens with one attached hydrogen (secondary N) is 1. The van der Waals surface area contributed by atoms with E-state index in [2.05, 4.69) is 21.3 Å². The Hall–Kier alpha value is -5.08. The molecule has 0 spiro atoms. The zero-order valence-electron chi connectivity index (χ0n) is 28.9. The molecule has 1 saturated heterocycles. The molecule has 52 heavy (non-hydrogen) atoms. The number of ether oxygens (including phenoxy) is 3. The van der Waals surface area contributed by atoms with Crippen LogP contribution in [0, 0.1) is 0 Å². The number of hydrogen-bond acceptors (Lipinski definition) is 7. The molecule has 0 unspecified atom stereocenters. The number of piperazine rings is 1. The minimum Gasteiger partial charge on any atom is -0.490 e. The van der Waals surface area contributed by atoms with Crippen molar-refractivity contribution in [2.24, 2.45) is 7.05 Å². The van der Waals surface area contributed by atoms with Gasteiger partial charge in [-0.25, -0.2) is 4.98 Å². The van der Waals surface area contributed by atoms with Crippen molar-refractivity contribution in [2.45, 2.75) is 26.6 Å². The average molecular weight is 783 g/mol. The number of carbonyl (C=O) groups excluding carboxylic acids is 2. The van der Waals surface area contributed by atoms with Crippen LogP contribution in [0.4, 0.5) is 18.9 Å². The Bertz CT molecular complexity index is 2010. The van der Waals surface area contributed by atoms with E-state index in [-0.39, 0.29) is 34.3 Å². The molecule has 14 heteroatoms. The highest BCUT2D eigenvalue weighted by atomic mass is 79.9. The van der Waals surface area contributed by atoms with Crippen molar-refractivity contribution in [3.63, 3.8) is 0 Å². The smallest absolute Gasteiger partial charge is 0.416 e. The molecule has 274 valence electrons. The van der Waals surface area contributed by atoms with E-state index in [9.17, 15) is 22.8 Å². The summed E-state index contributed by atoms with van der Waals surface area (Å²) in [6.45, 7) is 8.48. The number of amides is 2. The van der Waals surface area contributed by atoms with E-state index in [0.717, 1.165) is 71.9 Å². The molecule has 3 heterocycles. The molecule has 0 saturated carbocycles. The van der Waals surface area contributed by atoms with Gasteiger partial charge in [-0.3, -0.25) is 14.5 Å². The van der Waals surface area contributed by atoms with Crippen molar-refractivity contribution in [1.82, 2.24) is 19.4 Å². The predicted octanol–water partition coefficient (Wildman–Crippen LogP) is 7.97. The third kappa shape index (κ3) is 8.86. The van der Waals surface area contributed by atoms with Gasteiger partial charge in [0.2, 0.25) is 5.88 Å². The first kappa shape index (κ1) is 38.2. The summed E-state index contributed by atoms with van der Waals surface area (Å²) in [5, 5.41) is 3.45. The quantitative estimate of drug-likeness (QED) is 0.145. The number of aromatic nitrogens is 2. The monoisotopic (exact) mass is 781 g/mol. The minimum absolute atomic E-state index is 0. The van der Waals surface area contributed by atoms with E-state index in [4.69, 9.17) is 14.2 Å². The Balaban J connectivity index is 0.00000523. The largest absolute Gasteiger partial charge is 0.490 e. The number of aryl methyl sites for hydroxylation is 1. The third-order valence-corrected chi connectivity index (χ3v) is 8.60. The van der Waals surface area contributed by atoms with Gasteiger partial charge in [0.15, 0.2) is 11.5 Å². The van der Waals surface area contributed by atoms with Crippen LogP contribution >= 0.6 is 17.0 Å². The predicted molar refractivity (Wildman–Crippen MR) is 197 cm³/mol. The fourth-order valence-corrected chi connectivity index (χ4v) is 5.97. The Morgan fingerprint density at radius 2 is 1.56 bits per heavy atom. The van der Waals surface area contributed by atoms with Crippen molar-refractivity contribution < 1.29 is 37.0 Å². The van der Waals surface area contributed by atoms with Gasteiger partial charge in [-0.1, -0.05) is 6.07 Å². The second-order valence-corrected chi connectivity index (χ2v) is 12.0. The number of rotatable bonds is 11. The fourth-order valence-electron chi connectivity index (χ4n) is 5.97. The maximum Gasteiger partial charge on any atom is 0.416 e. The molecule has 3 aromatic carbocycles. The Kier molecular flexibility index (Phi) is 12.1. The highest BCUT2D eigenvalue weighted by molar-refractivity contribution is 8.93. The molecule has 1 aliphatic rings. The van der Waals surface area contributed by atoms with Gasteiger partial charge in [0, 0.05) is 62.3 Å². The molecule has 2 amide bonds. The van der Waals surface area contributed by atoms with E-state index in [1.54, 1.807) is 18.2 Å². The van der Waals surface area contributed by atoms with Gasteiger partial charge < -0.3 is 29.0 Å². The highest BCUT2D eigenvalue weighted by Crippen LogP contribution is 2.31. The lowest BCUT2D eigenvalue weighted by Crippen LogP contribution is -2.48. The van der Waals surface area contributed by atoms with Gasteiger partial charge in [-0.2, -0.15) is 13.2 Å². The third-order valence-electron chi connectivity index (χ3n) is 8.60. The Labute approximate surface area is 309 Å². The van der Waals surface area contributed by atoms with Gasteiger partial charge in [-0.05, 0) is 86.1 Å². The van der Waals surface area contributed by atoms with Gasteiger partial charge in [0.25, 0.3) is 11.8 Å². The molecule has 1 aliphatic heterocycles. The molecule has 5 aromatic rings. The molecule has 2 aromatic heterocycles. The molecule has 0 radical (unpaired) electrons. The zero-order valence-corrected chi connectivity index (χ0v) is 30.6. The van der Waals surface area contributed by atoms with Crippen LogP contribution in [0.1, 0.15) is 45.8 Å². The summed E-state index contributed by atoms with van der Waals surface area (Å²) >= 11 is 0. The lowest BCUT2D eigenvalue weighted by atomic mass is 10.1. The summed E-state index contributed by atoms with van der Waals surface area (Å²) in [6.07, 6.45) is -3.09. The standard InChI is InChI=1S/C38H38F3N5O5.BrH/c1-4-49-33-14-6-25(20-34(33)50-5-2)24-45-16-18-46(19-17-45)37(48)32-22-27-21-30(12-13-31(27)44(32)3)51-35-15-11-29(23-42-35)43-36(47)26-7-9-28(10-8-26)38(39,40)41;/h6-15,20-23H,4-5,16-19,24H2,1-3H3,(H,43,47);1H. The second-order valence-electron chi connectivity index (χ2n) is 12.0. The van der Waals surface area contributed by atoms with Crippen LogP contribution < -0.4 is 19.5 Å². The summed E-state index contributed by atoms with van der Waals surface area (Å²) in [5.41, 5.74) is 2.18. The van der Waals surface area contributed by atoms with Gasteiger partial charge in [-0.15, -0.1) is 17.0 Å². The van der Waals surface area contributed by atoms with Crippen LogP contribution in [-0.4, -0.2) is 70.6 Å². The summed E-state index contributed by atoms with van der Waals surface area (Å²) in [6, 6.07) is 20.5. The molecule has 0 aliphatic carbocycles. The van der Waals surface area contributed by atoms with E-state index in [1.807, 2.05) is 60.7 Å². The molecule has 10 nitrogen and oxygen atoms in total. The molecule has 0 bridgehead atoms. The molecular formula is C38H39BrF3N5O5. The number of pyridine rings is 1. The van der Waals surface area contributed by atoms with Gasteiger partial charge in [0.05, 0.1) is 30.7 Å². The maximum atomic E-state index is 13.6. The molecule has 1 N–H and O–H groups in total. The lowest BCUT2D eigenvalue weighted by molar-refractivity contribution is -0.137. The number of hydrogen-bond donors (Lipinski definition) is 1. The van der Waals surface area contributed by atoms with Crippen LogP contribution in [-0.2, 0) is 19.8 Å². The number of alkyl halides is 3. The van der Waals surface area contributed by atoms with Crippen molar-refractivity contribution in [3.8, 4) is 23.1 Å². The normalized spacial score (nSPS) is 13.4. The molecule has 1 fully saturated rings. The van der Waals surface area contributed by atoms with Crippen LogP contribution in [0.25, 0.3) is 10.9 Å². The van der Waals surface area contributed by atoms with Crippen molar-refractivity contribution >= 4 is 45.4 Å². The molecular weight excluding hydrogens is 743 g/mol. The first-order valence-electron chi connectivity index (χ1n) is 16.6. The summed E-state index contributed by atoms with van der Waals surface area (Å²) in [4.78, 5) is 34.6. The topological polar surface area (TPSA) is 98.2 Å². The van der Waals surface area contributed by atoms with E-state index in [1.165, 1.54) is 6.20 Å². The van der Waals surface area contributed by atoms with Crippen molar-refractivity contribution in [1.29, 1.82) is 0 Å². The van der Waals surface area contributed by atoms with E-state index >= 15 is 0 Å². The first-order valence-corrected chi connectivity index (χ1v) is 16.6. The summed E-state index contributed by atoms with van der Waals surface area (Å²) < 4.78 is 57.8. The minimum atomic E-state index is -4.48. The molecule has 6 rings (SSSR count). The number of benzene rings is 3. The average Bonchev–Trinajstić information content (AvgIpc) is 3.45. The summed E-state index contributed by atoms with van der Waals surface area (Å²) in [7, 11) is 1.87. The van der Waals surface area contributed by atoms with E-state index < -0.39 is 17.6 Å². The van der Waals surface area contributed by atoms with E-state index in [0.29, 0.717) is 43.4 Å². The number of carbonyl (C=O) groups is 2. The zero-order chi connectivity index (χ0) is 36.1. The number of halogens is 4. The summed E-state index contributed by atoms with van der Waals surface area (Å²) in [5.74, 6) is 1.66. The van der Waals surface area contributed by atoms with Crippen LogP contribution in [0.3, 0.4) is 0 Å². The van der Waals surface area contributed by atoms with Gasteiger partial charge >= 0.3 is 6.18 Å². The molecule has 0 atom stereocenters. The lowest BCUT2D eigenvalue weighted by Gasteiger charge is -2.34. The highest BCUT2D eigenvalue weighted by Gasteiger charge is 2.30. The second kappa shape index (κ2) is 16.5. The maximum absolute atomic E-state index is 13.6.